The summed E-state index contributed by atoms with van der Waals surface area (Å²) in [6.07, 6.45) is 10.4. The molecule has 4 rings (SSSR count). The van der Waals surface area contributed by atoms with Crippen LogP contribution in [0.1, 0.15) is 43.5 Å². The van der Waals surface area contributed by atoms with Crippen LogP contribution in [-0.2, 0) is 22.7 Å². The van der Waals surface area contributed by atoms with E-state index in [1.165, 1.54) is 6.33 Å². The molecule has 2 saturated heterocycles. The normalized spacial score (nSPS) is 22.3. The van der Waals surface area contributed by atoms with E-state index in [2.05, 4.69) is 20.1 Å². The molecule has 0 bridgehead atoms. The molecule has 154 valence electrons. The Morgan fingerprint density at radius 1 is 1.21 bits per heavy atom. The lowest BCUT2D eigenvalue weighted by atomic mass is 9.73. The molecule has 29 heavy (non-hydrogen) atoms. The standard InChI is InChI=1S/C20H27N7O2/c1-16-9-23-17(10-22-16)11-26-13-20(6-3-18(26)28)5-2-7-25(12-20)19(29)4-8-27-15-21-14-24-27/h9-10,14-15H,2-8,11-13H2,1H3/t20-/m0/s1. The molecule has 2 aliphatic rings. The predicted molar refractivity (Wildman–Crippen MR) is 104 cm³/mol. The Kier molecular flexibility index (Phi) is 5.55. The zero-order valence-corrected chi connectivity index (χ0v) is 16.8. The number of nitrogens with zero attached hydrogens (tertiary/aromatic N) is 7. The van der Waals surface area contributed by atoms with Crippen molar-refractivity contribution in [3.63, 3.8) is 0 Å². The molecule has 0 aliphatic carbocycles. The van der Waals surface area contributed by atoms with Crippen LogP contribution >= 0.6 is 0 Å². The monoisotopic (exact) mass is 397 g/mol. The zero-order valence-electron chi connectivity index (χ0n) is 16.8. The van der Waals surface area contributed by atoms with E-state index in [9.17, 15) is 9.59 Å². The fourth-order valence-corrected chi connectivity index (χ4v) is 4.41. The SMILES string of the molecule is Cc1cnc(CN2C[C@@]3(CCCN(C(=O)CCn4cncn4)C3)CCC2=O)cn1. The van der Waals surface area contributed by atoms with Crippen molar-refractivity contribution in [2.24, 2.45) is 5.41 Å². The van der Waals surface area contributed by atoms with Crippen LogP contribution in [0.2, 0.25) is 0 Å². The van der Waals surface area contributed by atoms with Gasteiger partial charge in [0.15, 0.2) is 0 Å². The summed E-state index contributed by atoms with van der Waals surface area (Å²) < 4.78 is 1.68. The van der Waals surface area contributed by atoms with E-state index in [1.807, 2.05) is 16.7 Å². The Morgan fingerprint density at radius 2 is 2.10 bits per heavy atom. The number of piperidine rings is 2. The molecule has 9 nitrogen and oxygen atoms in total. The highest BCUT2D eigenvalue weighted by atomic mass is 16.2. The average molecular weight is 397 g/mol. The van der Waals surface area contributed by atoms with Gasteiger partial charge in [-0.1, -0.05) is 0 Å². The Bertz CT molecular complexity index is 852. The van der Waals surface area contributed by atoms with E-state index in [4.69, 9.17) is 0 Å². The van der Waals surface area contributed by atoms with Gasteiger partial charge in [0.05, 0.1) is 30.7 Å². The lowest BCUT2D eigenvalue weighted by molar-refractivity contribution is -0.143. The second-order valence-corrected chi connectivity index (χ2v) is 8.23. The van der Waals surface area contributed by atoms with Gasteiger partial charge >= 0.3 is 0 Å². The van der Waals surface area contributed by atoms with Crippen molar-refractivity contribution >= 4 is 11.8 Å². The third-order valence-corrected chi connectivity index (χ3v) is 5.97. The topological polar surface area (TPSA) is 97.1 Å². The minimum Gasteiger partial charge on any atom is -0.342 e. The number of hydrogen-bond donors (Lipinski definition) is 0. The summed E-state index contributed by atoms with van der Waals surface area (Å²) in [5, 5.41) is 4.06. The van der Waals surface area contributed by atoms with E-state index < -0.39 is 0 Å². The maximum atomic E-state index is 12.8. The lowest BCUT2D eigenvalue weighted by Crippen LogP contribution is -2.54. The van der Waals surface area contributed by atoms with Gasteiger partial charge in [0, 0.05) is 44.1 Å². The molecular formula is C20H27N7O2. The number of likely N-dealkylation sites (tertiary alicyclic amines) is 2. The summed E-state index contributed by atoms with van der Waals surface area (Å²) in [6, 6.07) is 0. The quantitative estimate of drug-likeness (QED) is 0.752. The predicted octanol–water partition coefficient (Wildman–Crippen LogP) is 1.20. The summed E-state index contributed by atoms with van der Waals surface area (Å²) in [6.45, 7) is 5.09. The molecule has 1 atom stereocenters. The van der Waals surface area contributed by atoms with Gasteiger partial charge in [-0.15, -0.1) is 0 Å². The van der Waals surface area contributed by atoms with Crippen molar-refractivity contribution in [2.45, 2.75) is 52.1 Å². The smallest absolute Gasteiger partial charge is 0.224 e. The first-order valence-corrected chi connectivity index (χ1v) is 10.2. The number of carbonyl (C=O) groups excluding carboxylic acids is 2. The maximum Gasteiger partial charge on any atom is 0.224 e. The largest absolute Gasteiger partial charge is 0.342 e. The van der Waals surface area contributed by atoms with Gasteiger partial charge in [-0.25, -0.2) is 4.98 Å². The molecule has 0 aromatic carbocycles. The summed E-state index contributed by atoms with van der Waals surface area (Å²) in [5.41, 5.74) is 1.65. The Balaban J connectivity index is 1.39. The highest BCUT2D eigenvalue weighted by molar-refractivity contribution is 5.78. The maximum absolute atomic E-state index is 12.8. The fraction of sp³-hybridized carbons (Fsp3) is 0.600. The molecule has 4 heterocycles. The highest BCUT2D eigenvalue weighted by Crippen LogP contribution is 2.39. The molecule has 2 amide bonds. The fourth-order valence-electron chi connectivity index (χ4n) is 4.41. The molecule has 2 aromatic heterocycles. The number of aromatic nitrogens is 5. The molecule has 0 radical (unpaired) electrons. The minimum atomic E-state index is -0.0206. The molecule has 2 aliphatic heterocycles. The van der Waals surface area contributed by atoms with Crippen LogP contribution in [0.4, 0.5) is 0 Å². The Morgan fingerprint density at radius 3 is 2.86 bits per heavy atom. The van der Waals surface area contributed by atoms with Crippen LogP contribution in [0, 0.1) is 12.3 Å². The number of hydrogen-bond acceptors (Lipinski definition) is 6. The van der Waals surface area contributed by atoms with E-state index >= 15 is 0 Å². The van der Waals surface area contributed by atoms with Crippen molar-refractivity contribution in [3.8, 4) is 0 Å². The first kappa shape index (κ1) is 19.5. The first-order valence-electron chi connectivity index (χ1n) is 10.2. The van der Waals surface area contributed by atoms with Crippen LogP contribution < -0.4 is 0 Å². The summed E-state index contributed by atoms with van der Waals surface area (Å²) in [7, 11) is 0. The number of carbonyl (C=O) groups is 2. The van der Waals surface area contributed by atoms with Gasteiger partial charge in [0.1, 0.15) is 12.7 Å². The van der Waals surface area contributed by atoms with Crippen LogP contribution in [0.25, 0.3) is 0 Å². The second kappa shape index (κ2) is 8.26. The Hall–Kier alpha value is -2.84. The van der Waals surface area contributed by atoms with Crippen molar-refractivity contribution in [3.05, 3.63) is 36.4 Å². The molecule has 0 unspecified atom stereocenters. The molecule has 9 heteroatoms. The Labute approximate surface area is 170 Å². The van der Waals surface area contributed by atoms with Crippen LogP contribution in [0.3, 0.4) is 0 Å². The van der Waals surface area contributed by atoms with Gasteiger partial charge in [-0.05, 0) is 26.2 Å². The van der Waals surface area contributed by atoms with Gasteiger partial charge in [-0.2, -0.15) is 5.10 Å². The lowest BCUT2D eigenvalue weighted by Gasteiger charge is -2.48. The summed E-state index contributed by atoms with van der Waals surface area (Å²) in [5.74, 6) is 0.306. The van der Waals surface area contributed by atoms with Crippen molar-refractivity contribution < 1.29 is 9.59 Å². The van der Waals surface area contributed by atoms with Crippen LogP contribution in [0.5, 0.6) is 0 Å². The van der Waals surface area contributed by atoms with Gasteiger partial charge in [0.25, 0.3) is 0 Å². The van der Waals surface area contributed by atoms with Crippen LogP contribution in [0.15, 0.2) is 25.0 Å². The molecule has 0 N–H and O–H groups in total. The zero-order chi connectivity index (χ0) is 20.3. The molecular weight excluding hydrogens is 370 g/mol. The highest BCUT2D eigenvalue weighted by Gasteiger charge is 2.42. The molecule has 1 spiro atoms. The summed E-state index contributed by atoms with van der Waals surface area (Å²) in [4.78, 5) is 41.7. The molecule has 0 saturated carbocycles. The second-order valence-electron chi connectivity index (χ2n) is 8.23. The third-order valence-electron chi connectivity index (χ3n) is 5.97. The van der Waals surface area contributed by atoms with E-state index in [-0.39, 0.29) is 17.2 Å². The molecule has 2 aromatic rings. The number of rotatable bonds is 5. The van der Waals surface area contributed by atoms with E-state index in [1.54, 1.807) is 23.4 Å². The van der Waals surface area contributed by atoms with E-state index in [0.29, 0.717) is 39.0 Å². The third kappa shape index (κ3) is 4.60. The van der Waals surface area contributed by atoms with Crippen LogP contribution in [-0.4, -0.2) is 66.0 Å². The first-order chi connectivity index (χ1) is 14.0. The van der Waals surface area contributed by atoms with Gasteiger partial charge in [-0.3, -0.25) is 24.2 Å². The summed E-state index contributed by atoms with van der Waals surface area (Å²) >= 11 is 0. The average Bonchev–Trinajstić information content (AvgIpc) is 3.25. The number of amides is 2. The van der Waals surface area contributed by atoms with Crippen molar-refractivity contribution in [2.75, 3.05) is 19.6 Å². The van der Waals surface area contributed by atoms with Gasteiger partial charge in [0.2, 0.25) is 11.8 Å². The van der Waals surface area contributed by atoms with Crippen molar-refractivity contribution in [1.82, 2.24) is 34.5 Å². The van der Waals surface area contributed by atoms with Crippen molar-refractivity contribution in [1.29, 1.82) is 0 Å². The number of aryl methyl sites for hydroxylation is 2. The minimum absolute atomic E-state index is 0.0206. The molecule has 2 fully saturated rings. The van der Waals surface area contributed by atoms with Gasteiger partial charge < -0.3 is 9.80 Å². The van der Waals surface area contributed by atoms with E-state index in [0.717, 1.165) is 37.2 Å².